The van der Waals surface area contributed by atoms with E-state index >= 15 is 0 Å². The number of aryl methyl sites for hydroxylation is 1. The molecule has 1 atom stereocenters. The van der Waals surface area contributed by atoms with Gasteiger partial charge in [-0.3, -0.25) is 14.5 Å². The second-order valence-corrected chi connectivity index (χ2v) is 10.5. The van der Waals surface area contributed by atoms with E-state index in [4.69, 9.17) is 0 Å². The summed E-state index contributed by atoms with van der Waals surface area (Å²) in [6.45, 7) is 3.51. The molecule has 1 aliphatic heterocycles. The van der Waals surface area contributed by atoms with E-state index in [9.17, 15) is 19.8 Å². The van der Waals surface area contributed by atoms with Crippen molar-refractivity contribution in [3.63, 3.8) is 0 Å². The van der Waals surface area contributed by atoms with Gasteiger partial charge in [0.05, 0.1) is 12.0 Å². The van der Waals surface area contributed by atoms with Crippen molar-refractivity contribution in [2.75, 3.05) is 49.6 Å². The molecule has 3 heterocycles. The van der Waals surface area contributed by atoms with Crippen molar-refractivity contribution in [3.8, 4) is 11.1 Å². The first-order valence-corrected chi connectivity index (χ1v) is 13.2. The number of hydrogen-bond donors (Lipinski definition) is 2. The van der Waals surface area contributed by atoms with Gasteiger partial charge >= 0.3 is 0 Å². The van der Waals surface area contributed by atoms with Gasteiger partial charge in [-0.1, -0.05) is 42.5 Å². The van der Waals surface area contributed by atoms with Gasteiger partial charge in [0.2, 0.25) is 5.95 Å². The minimum Gasteiger partial charge on any atom is -0.393 e. The Hall–Kier alpha value is -3.86. The van der Waals surface area contributed by atoms with Crippen LogP contribution in [-0.4, -0.2) is 82.8 Å². The number of carbonyl (C=O) groups excluding carboxylic acids is 2. The number of aromatic nitrogens is 2. The molecule has 9 nitrogen and oxygen atoms in total. The summed E-state index contributed by atoms with van der Waals surface area (Å²) in [5.74, 6) is 0.155. The van der Waals surface area contributed by atoms with E-state index < -0.39 is 18.6 Å². The number of aliphatic hydroxyl groups excluding tert-OH is 2. The second-order valence-electron chi connectivity index (χ2n) is 9.24. The van der Waals surface area contributed by atoms with Crippen LogP contribution in [0.2, 0.25) is 0 Å². The number of benzene rings is 2. The van der Waals surface area contributed by atoms with Gasteiger partial charge < -0.3 is 20.0 Å². The standard InChI is InChI=1S/C28H29N5O4S/c1-18-16-22-24(29-28(30-25(22)38-18)31(2)27(37)23(35)17-34)32-12-14-33(15-13-32)26(36)21-10-8-20(9-11-21)19-6-4-3-5-7-19/h3-11,16,23,34-35H,12-15,17H2,1-2H3/t23-/m0/s1. The molecule has 5 rings (SSSR count). The summed E-state index contributed by atoms with van der Waals surface area (Å²) in [6.07, 6.45) is -1.54. The number of piperazine rings is 1. The van der Waals surface area contributed by atoms with E-state index in [-0.39, 0.29) is 11.9 Å². The number of anilines is 2. The first-order chi connectivity index (χ1) is 18.4. The van der Waals surface area contributed by atoms with Gasteiger partial charge in [0.1, 0.15) is 10.6 Å². The normalized spacial score (nSPS) is 14.5. The third kappa shape index (κ3) is 5.10. The van der Waals surface area contributed by atoms with Crippen LogP contribution in [0.25, 0.3) is 21.3 Å². The van der Waals surface area contributed by atoms with E-state index in [1.165, 1.54) is 18.4 Å². The maximum atomic E-state index is 13.2. The molecule has 1 fully saturated rings. The molecule has 0 bridgehead atoms. The Kier molecular flexibility index (Phi) is 7.37. The highest BCUT2D eigenvalue weighted by Crippen LogP contribution is 2.33. The van der Waals surface area contributed by atoms with Crippen LogP contribution in [0.4, 0.5) is 11.8 Å². The van der Waals surface area contributed by atoms with Crippen LogP contribution in [0.15, 0.2) is 60.7 Å². The average Bonchev–Trinajstić information content (AvgIpc) is 3.35. The lowest BCUT2D eigenvalue weighted by Crippen LogP contribution is -2.49. The lowest BCUT2D eigenvalue weighted by molar-refractivity contribution is -0.128. The molecule has 0 spiro atoms. The summed E-state index contributed by atoms with van der Waals surface area (Å²) in [5, 5.41) is 19.9. The van der Waals surface area contributed by atoms with Crippen LogP contribution in [0.5, 0.6) is 0 Å². The zero-order valence-corrected chi connectivity index (χ0v) is 22.1. The number of hydrogen-bond acceptors (Lipinski definition) is 8. The Morgan fingerprint density at radius 1 is 1.00 bits per heavy atom. The number of nitrogens with zero attached hydrogens (tertiary/aromatic N) is 5. The average molecular weight is 532 g/mol. The molecule has 0 aliphatic carbocycles. The molecule has 0 radical (unpaired) electrons. The van der Waals surface area contributed by atoms with E-state index in [0.29, 0.717) is 37.6 Å². The Bertz CT molecular complexity index is 1450. The lowest BCUT2D eigenvalue weighted by atomic mass is 10.0. The van der Waals surface area contributed by atoms with Crippen LogP contribution < -0.4 is 9.80 Å². The van der Waals surface area contributed by atoms with Gasteiger partial charge in [0.25, 0.3) is 11.8 Å². The smallest absolute Gasteiger partial charge is 0.260 e. The summed E-state index contributed by atoms with van der Waals surface area (Å²) in [6, 6.07) is 19.8. The Labute approximate surface area is 224 Å². The maximum Gasteiger partial charge on any atom is 0.260 e. The van der Waals surface area contributed by atoms with Gasteiger partial charge in [-0.15, -0.1) is 11.3 Å². The lowest BCUT2D eigenvalue weighted by Gasteiger charge is -2.36. The van der Waals surface area contributed by atoms with Gasteiger partial charge in [-0.2, -0.15) is 4.98 Å². The molecule has 4 aromatic rings. The quantitative estimate of drug-likeness (QED) is 0.394. The third-order valence-electron chi connectivity index (χ3n) is 6.68. The van der Waals surface area contributed by atoms with Gasteiger partial charge in [-0.25, -0.2) is 4.98 Å². The summed E-state index contributed by atoms with van der Waals surface area (Å²) in [4.78, 5) is 41.8. The van der Waals surface area contributed by atoms with E-state index in [1.807, 2.05) is 72.5 Å². The van der Waals surface area contributed by atoms with Crippen molar-refractivity contribution in [1.82, 2.24) is 14.9 Å². The van der Waals surface area contributed by atoms with Crippen LogP contribution in [0, 0.1) is 6.92 Å². The first kappa shape index (κ1) is 25.8. The minimum absolute atomic E-state index is 0.00696. The van der Waals surface area contributed by atoms with Crippen molar-refractivity contribution in [3.05, 3.63) is 71.1 Å². The van der Waals surface area contributed by atoms with Gasteiger partial charge in [0.15, 0.2) is 6.10 Å². The SMILES string of the molecule is Cc1cc2c(N3CCN(C(=O)c4ccc(-c5ccccc5)cc4)CC3)nc(N(C)C(=O)[C@@H](O)CO)nc2s1. The van der Waals surface area contributed by atoms with Crippen molar-refractivity contribution in [2.24, 2.45) is 0 Å². The number of fused-ring (bicyclic) bond motifs is 1. The summed E-state index contributed by atoms with van der Waals surface area (Å²) >= 11 is 1.50. The fraction of sp³-hybridized carbons (Fsp3) is 0.286. The first-order valence-electron chi connectivity index (χ1n) is 12.4. The van der Waals surface area contributed by atoms with Crippen molar-refractivity contribution >= 4 is 45.1 Å². The van der Waals surface area contributed by atoms with E-state index in [0.717, 1.165) is 31.1 Å². The minimum atomic E-state index is -1.54. The molecule has 38 heavy (non-hydrogen) atoms. The molecule has 1 aliphatic rings. The molecule has 0 saturated carbocycles. The van der Waals surface area contributed by atoms with Crippen LogP contribution in [-0.2, 0) is 4.79 Å². The predicted octanol–water partition coefficient (Wildman–Crippen LogP) is 2.95. The van der Waals surface area contributed by atoms with Gasteiger partial charge in [-0.05, 0) is 36.2 Å². The highest BCUT2D eigenvalue weighted by Gasteiger charge is 2.27. The fourth-order valence-electron chi connectivity index (χ4n) is 4.55. The molecular weight excluding hydrogens is 502 g/mol. The topological polar surface area (TPSA) is 110 Å². The van der Waals surface area contributed by atoms with Crippen LogP contribution >= 0.6 is 11.3 Å². The largest absolute Gasteiger partial charge is 0.393 e. The Balaban J connectivity index is 1.32. The molecule has 0 unspecified atom stereocenters. The Morgan fingerprint density at radius 2 is 1.66 bits per heavy atom. The number of aliphatic hydroxyl groups is 2. The summed E-state index contributed by atoms with van der Waals surface area (Å²) in [5.41, 5.74) is 2.83. The van der Waals surface area contributed by atoms with Crippen molar-refractivity contribution < 1.29 is 19.8 Å². The van der Waals surface area contributed by atoms with E-state index in [1.54, 1.807) is 0 Å². The molecule has 2 aromatic heterocycles. The molecule has 10 heteroatoms. The number of likely N-dealkylation sites (N-methyl/N-ethyl adjacent to an activating group) is 1. The molecule has 2 aromatic carbocycles. The second kappa shape index (κ2) is 10.9. The summed E-state index contributed by atoms with van der Waals surface area (Å²) in [7, 11) is 1.48. The zero-order chi connectivity index (χ0) is 26.8. The molecule has 2 amide bonds. The zero-order valence-electron chi connectivity index (χ0n) is 21.2. The van der Waals surface area contributed by atoms with Crippen molar-refractivity contribution in [2.45, 2.75) is 13.0 Å². The summed E-state index contributed by atoms with van der Waals surface area (Å²) < 4.78 is 0. The Morgan fingerprint density at radius 3 is 2.32 bits per heavy atom. The molecule has 1 saturated heterocycles. The molecular formula is C28H29N5O4S. The predicted molar refractivity (Wildman–Crippen MR) is 149 cm³/mol. The fourth-order valence-corrected chi connectivity index (χ4v) is 5.42. The van der Waals surface area contributed by atoms with Crippen molar-refractivity contribution in [1.29, 1.82) is 0 Å². The highest BCUT2D eigenvalue weighted by atomic mass is 32.1. The molecule has 196 valence electrons. The third-order valence-corrected chi connectivity index (χ3v) is 7.62. The highest BCUT2D eigenvalue weighted by molar-refractivity contribution is 7.18. The maximum absolute atomic E-state index is 13.2. The number of thiophene rings is 1. The van der Waals surface area contributed by atoms with E-state index in [2.05, 4.69) is 14.9 Å². The number of amides is 2. The van der Waals surface area contributed by atoms with Gasteiger partial charge in [0, 0.05) is 43.7 Å². The number of carbonyl (C=O) groups is 2. The van der Waals surface area contributed by atoms with Crippen LogP contribution in [0.3, 0.4) is 0 Å². The molecule has 2 N–H and O–H groups in total. The van der Waals surface area contributed by atoms with Crippen LogP contribution in [0.1, 0.15) is 15.2 Å². The monoisotopic (exact) mass is 531 g/mol. The number of rotatable bonds is 6.